The zero-order valence-corrected chi connectivity index (χ0v) is 10.6. The van der Waals surface area contributed by atoms with Crippen LogP contribution in [-0.2, 0) is 6.42 Å². The van der Waals surface area contributed by atoms with E-state index in [9.17, 15) is 8.78 Å². The van der Waals surface area contributed by atoms with Gasteiger partial charge < -0.3 is 10.5 Å². The fourth-order valence-electron chi connectivity index (χ4n) is 1.76. The minimum Gasteiger partial charge on any atom is -0.496 e. The van der Waals surface area contributed by atoms with E-state index in [-0.39, 0.29) is 6.04 Å². The highest BCUT2D eigenvalue weighted by Gasteiger charge is 2.15. The predicted molar refractivity (Wildman–Crippen MR) is 67.9 cm³/mol. The normalized spacial score (nSPS) is 12.4. The highest BCUT2D eigenvalue weighted by atomic mass is 32.1. The molecule has 1 heterocycles. The Morgan fingerprint density at radius 3 is 2.72 bits per heavy atom. The van der Waals surface area contributed by atoms with Crippen molar-refractivity contribution in [3.8, 4) is 5.75 Å². The van der Waals surface area contributed by atoms with E-state index in [1.54, 1.807) is 13.2 Å². The summed E-state index contributed by atoms with van der Waals surface area (Å²) >= 11 is 1.49. The quantitative estimate of drug-likeness (QED) is 0.924. The Labute approximate surface area is 108 Å². The summed E-state index contributed by atoms with van der Waals surface area (Å²) in [6.07, 6.45) is 0.439. The lowest BCUT2D eigenvalue weighted by Crippen LogP contribution is -2.13. The zero-order chi connectivity index (χ0) is 13.1. The molecule has 0 saturated carbocycles. The van der Waals surface area contributed by atoms with E-state index in [0.29, 0.717) is 12.0 Å². The molecule has 1 atom stereocenters. The molecule has 2 rings (SSSR count). The number of thiophene rings is 1. The molecule has 0 saturated heterocycles. The number of hydrogen-bond acceptors (Lipinski definition) is 3. The van der Waals surface area contributed by atoms with Crippen LogP contribution in [-0.4, -0.2) is 7.11 Å². The molecule has 0 bridgehead atoms. The number of ether oxygens (including phenoxy) is 1. The molecule has 96 valence electrons. The van der Waals surface area contributed by atoms with E-state index in [4.69, 9.17) is 10.5 Å². The Hall–Kier alpha value is -1.46. The van der Waals surface area contributed by atoms with Crippen molar-refractivity contribution < 1.29 is 13.5 Å². The molecule has 0 aliphatic heterocycles. The first-order valence-corrected chi connectivity index (χ1v) is 6.30. The van der Waals surface area contributed by atoms with E-state index in [1.165, 1.54) is 17.4 Å². The first-order chi connectivity index (χ1) is 8.61. The van der Waals surface area contributed by atoms with Crippen molar-refractivity contribution in [2.75, 3.05) is 7.11 Å². The molecule has 0 aliphatic rings. The molecule has 0 aliphatic carbocycles. The van der Waals surface area contributed by atoms with Gasteiger partial charge in [-0.3, -0.25) is 0 Å². The van der Waals surface area contributed by atoms with Gasteiger partial charge in [0, 0.05) is 6.04 Å². The van der Waals surface area contributed by atoms with Crippen LogP contribution in [0.2, 0.25) is 0 Å². The van der Waals surface area contributed by atoms with Gasteiger partial charge in [-0.05, 0) is 35.6 Å². The number of nitrogens with two attached hydrogens (primary N) is 1. The first kappa shape index (κ1) is 13.0. The number of methoxy groups -OCH3 is 1. The van der Waals surface area contributed by atoms with Crippen molar-refractivity contribution in [1.29, 1.82) is 0 Å². The SMILES string of the molecule is COc1ccsc1C(N)Cc1ccc(F)c(F)c1. The topological polar surface area (TPSA) is 35.2 Å². The average molecular weight is 269 g/mol. The number of hydrogen-bond donors (Lipinski definition) is 1. The van der Waals surface area contributed by atoms with Gasteiger partial charge in [0.1, 0.15) is 5.75 Å². The molecule has 2 N–H and O–H groups in total. The fourth-order valence-corrected chi connectivity index (χ4v) is 2.63. The average Bonchev–Trinajstić information content (AvgIpc) is 2.82. The Morgan fingerprint density at radius 1 is 1.28 bits per heavy atom. The minimum atomic E-state index is -0.849. The van der Waals surface area contributed by atoms with Crippen LogP contribution < -0.4 is 10.5 Å². The van der Waals surface area contributed by atoms with Crippen molar-refractivity contribution in [1.82, 2.24) is 0 Å². The molecule has 1 aromatic heterocycles. The van der Waals surface area contributed by atoms with Gasteiger partial charge in [0.2, 0.25) is 0 Å². The lowest BCUT2D eigenvalue weighted by molar-refractivity contribution is 0.408. The smallest absolute Gasteiger partial charge is 0.159 e. The highest BCUT2D eigenvalue weighted by molar-refractivity contribution is 7.10. The van der Waals surface area contributed by atoms with Crippen molar-refractivity contribution in [2.45, 2.75) is 12.5 Å². The maximum atomic E-state index is 13.1. The van der Waals surface area contributed by atoms with Crippen molar-refractivity contribution in [2.24, 2.45) is 5.73 Å². The zero-order valence-electron chi connectivity index (χ0n) is 9.82. The number of rotatable bonds is 4. The summed E-state index contributed by atoms with van der Waals surface area (Å²) in [6, 6.07) is 5.38. The molecule has 18 heavy (non-hydrogen) atoms. The molecule has 5 heteroatoms. The number of benzene rings is 1. The molecule has 2 nitrogen and oxygen atoms in total. The molecule has 2 aromatic rings. The number of halogens is 2. The van der Waals surface area contributed by atoms with Crippen LogP contribution in [0.15, 0.2) is 29.6 Å². The fraction of sp³-hybridized carbons (Fsp3) is 0.231. The highest BCUT2D eigenvalue weighted by Crippen LogP contribution is 2.31. The van der Waals surface area contributed by atoms with Crippen LogP contribution in [0.25, 0.3) is 0 Å². The molecule has 0 fully saturated rings. The second-order valence-corrected chi connectivity index (χ2v) is 4.86. The van der Waals surface area contributed by atoms with Crippen LogP contribution in [0.4, 0.5) is 8.78 Å². The summed E-state index contributed by atoms with van der Waals surface area (Å²) in [6.45, 7) is 0. The van der Waals surface area contributed by atoms with Gasteiger partial charge in [0.25, 0.3) is 0 Å². The largest absolute Gasteiger partial charge is 0.496 e. The van der Waals surface area contributed by atoms with Gasteiger partial charge in [-0.15, -0.1) is 11.3 Å². The van der Waals surface area contributed by atoms with Crippen molar-refractivity contribution in [3.05, 3.63) is 51.7 Å². The Balaban J connectivity index is 2.16. The van der Waals surface area contributed by atoms with Crippen LogP contribution in [0.3, 0.4) is 0 Å². The van der Waals surface area contributed by atoms with Gasteiger partial charge in [0.05, 0.1) is 12.0 Å². The molecule has 1 aromatic carbocycles. The Morgan fingerprint density at radius 2 is 2.06 bits per heavy atom. The molecular weight excluding hydrogens is 256 g/mol. The predicted octanol–water partition coefficient (Wildman–Crippen LogP) is 3.28. The van der Waals surface area contributed by atoms with Gasteiger partial charge in [0.15, 0.2) is 11.6 Å². The van der Waals surface area contributed by atoms with Crippen LogP contribution in [0.1, 0.15) is 16.5 Å². The van der Waals surface area contributed by atoms with E-state index < -0.39 is 11.6 Å². The van der Waals surface area contributed by atoms with Crippen LogP contribution in [0.5, 0.6) is 5.75 Å². The summed E-state index contributed by atoms with van der Waals surface area (Å²) in [5.74, 6) is -0.964. The third kappa shape index (κ3) is 2.68. The first-order valence-electron chi connectivity index (χ1n) is 5.42. The van der Waals surface area contributed by atoms with E-state index in [2.05, 4.69) is 0 Å². The summed E-state index contributed by atoms with van der Waals surface area (Å²) in [5.41, 5.74) is 6.71. The molecule has 0 radical (unpaired) electrons. The molecule has 0 amide bonds. The Kier molecular flexibility index (Phi) is 3.93. The van der Waals surface area contributed by atoms with Crippen molar-refractivity contribution >= 4 is 11.3 Å². The lowest BCUT2D eigenvalue weighted by atomic mass is 10.0. The summed E-state index contributed by atoms with van der Waals surface area (Å²) < 4.78 is 31.1. The van der Waals surface area contributed by atoms with Crippen molar-refractivity contribution in [3.63, 3.8) is 0 Å². The Bertz CT molecular complexity index is 542. The standard InChI is InChI=1S/C13H13F2NOS/c1-17-12-4-5-18-13(12)11(16)7-8-2-3-9(14)10(15)6-8/h2-6,11H,7,16H2,1H3. The summed E-state index contributed by atoms with van der Waals surface area (Å²) in [7, 11) is 1.58. The van der Waals surface area contributed by atoms with Gasteiger partial charge >= 0.3 is 0 Å². The third-order valence-electron chi connectivity index (χ3n) is 2.65. The molecule has 0 spiro atoms. The second kappa shape index (κ2) is 5.46. The summed E-state index contributed by atoms with van der Waals surface area (Å²) in [5, 5.41) is 1.89. The van der Waals surface area contributed by atoms with E-state index in [0.717, 1.165) is 16.7 Å². The molecule has 1 unspecified atom stereocenters. The lowest BCUT2D eigenvalue weighted by Gasteiger charge is -2.12. The second-order valence-electron chi connectivity index (χ2n) is 3.91. The third-order valence-corrected chi connectivity index (χ3v) is 3.68. The van der Waals surface area contributed by atoms with Crippen LogP contribution in [0, 0.1) is 11.6 Å². The van der Waals surface area contributed by atoms with Crippen LogP contribution >= 0.6 is 11.3 Å². The minimum absolute atomic E-state index is 0.287. The van der Waals surface area contributed by atoms with E-state index >= 15 is 0 Å². The van der Waals surface area contributed by atoms with Gasteiger partial charge in [-0.25, -0.2) is 8.78 Å². The maximum absolute atomic E-state index is 13.1. The van der Waals surface area contributed by atoms with Gasteiger partial charge in [-0.1, -0.05) is 6.07 Å². The van der Waals surface area contributed by atoms with Gasteiger partial charge in [-0.2, -0.15) is 0 Å². The monoisotopic (exact) mass is 269 g/mol. The molecular formula is C13H13F2NOS. The van der Waals surface area contributed by atoms with E-state index in [1.807, 2.05) is 11.4 Å². The summed E-state index contributed by atoms with van der Waals surface area (Å²) in [4.78, 5) is 0.905. The maximum Gasteiger partial charge on any atom is 0.159 e.